The normalized spacial score (nSPS) is 15.2. The van der Waals surface area contributed by atoms with Gasteiger partial charge in [0.1, 0.15) is 5.75 Å². The highest BCUT2D eigenvalue weighted by atomic mass is 35.5. The summed E-state index contributed by atoms with van der Waals surface area (Å²) < 4.78 is 33.3. The van der Waals surface area contributed by atoms with Gasteiger partial charge >= 0.3 is 0 Å². The first-order valence-corrected chi connectivity index (χ1v) is 13.0. The maximum Gasteiger partial charge on any atom is 0.252 e. The van der Waals surface area contributed by atoms with Gasteiger partial charge in [-0.15, -0.1) is 0 Å². The third-order valence-electron chi connectivity index (χ3n) is 5.57. The molecule has 2 aromatic carbocycles. The maximum atomic E-state index is 13.1. The topological polar surface area (TPSA) is 75.7 Å². The number of para-hydroxylation sites is 1. The van der Waals surface area contributed by atoms with Crippen LogP contribution in [-0.2, 0) is 16.4 Å². The highest BCUT2D eigenvalue weighted by Crippen LogP contribution is 2.25. The molecule has 174 valence electrons. The summed E-state index contributed by atoms with van der Waals surface area (Å²) in [6.07, 6.45) is 5.26. The van der Waals surface area contributed by atoms with Crippen molar-refractivity contribution in [2.75, 3.05) is 26.2 Å². The molecule has 1 heterocycles. The molecule has 1 N–H and O–H groups in total. The molecule has 0 radical (unpaired) electrons. The van der Waals surface area contributed by atoms with Crippen LogP contribution in [0, 0.1) is 0 Å². The molecule has 0 unspecified atom stereocenters. The van der Waals surface area contributed by atoms with Crippen molar-refractivity contribution in [3.05, 3.63) is 58.6 Å². The molecule has 0 saturated carbocycles. The molecule has 0 spiro atoms. The molecule has 6 nitrogen and oxygen atoms in total. The number of benzene rings is 2. The van der Waals surface area contributed by atoms with Crippen molar-refractivity contribution in [2.45, 2.75) is 50.3 Å². The maximum absolute atomic E-state index is 13.1. The van der Waals surface area contributed by atoms with Crippen molar-refractivity contribution in [3.8, 4) is 5.75 Å². The number of carbonyl (C=O) groups is 1. The van der Waals surface area contributed by atoms with Gasteiger partial charge in [-0.2, -0.15) is 4.31 Å². The predicted octanol–water partition coefficient (Wildman–Crippen LogP) is 4.67. The molecular formula is C24H31ClN2O4S. The first kappa shape index (κ1) is 24.6. The Morgan fingerprint density at radius 3 is 2.53 bits per heavy atom. The molecule has 1 amide bonds. The van der Waals surface area contributed by atoms with Crippen LogP contribution in [0.3, 0.4) is 0 Å². The first-order valence-electron chi connectivity index (χ1n) is 11.2. The van der Waals surface area contributed by atoms with Crippen LogP contribution in [0.4, 0.5) is 0 Å². The van der Waals surface area contributed by atoms with E-state index in [0.29, 0.717) is 26.2 Å². The zero-order chi connectivity index (χ0) is 23.0. The quantitative estimate of drug-likeness (QED) is 0.531. The zero-order valence-electron chi connectivity index (χ0n) is 18.5. The summed E-state index contributed by atoms with van der Waals surface area (Å²) in [6, 6.07) is 12.2. The Balaban J connectivity index is 1.63. The first-order chi connectivity index (χ1) is 15.4. The number of carbonyl (C=O) groups excluding carboxylic acids is 1. The van der Waals surface area contributed by atoms with Crippen LogP contribution < -0.4 is 10.1 Å². The van der Waals surface area contributed by atoms with Gasteiger partial charge in [-0.3, -0.25) is 4.79 Å². The van der Waals surface area contributed by atoms with Crippen molar-refractivity contribution in [3.63, 3.8) is 0 Å². The lowest BCUT2D eigenvalue weighted by Gasteiger charge is -2.20. The second-order valence-electron chi connectivity index (χ2n) is 7.86. The van der Waals surface area contributed by atoms with E-state index in [9.17, 15) is 13.2 Å². The van der Waals surface area contributed by atoms with E-state index >= 15 is 0 Å². The molecule has 2 aromatic rings. The van der Waals surface area contributed by atoms with Gasteiger partial charge < -0.3 is 10.1 Å². The number of sulfonamides is 1. The number of ether oxygens (including phenoxy) is 1. The van der Waals surface area contributed by atoms with E-state index in [1.54, 1.807) is 0 Å². The predicted molar refractivity (Wildman–Crippen MR) is 127 cm³/mol. The number of nitrogens with one attached hydrogen (secondary N) is 1. The van der Waals surface area contributed by atoms with E-state index in [0.717, 1.165) is 49.8 Å². The van der Waals surface area contributed by atoms with Gasteiger partial charge in [0.25, 0.3) is 5.91 Å². The fraction of sp³-hybridized carbons (Fsp3) is 0.458. The summed E-state index contributed by atoms with van der Waals surface area (Å²) in [6.45, 7) is 4.01. The van der Waals surface area contributed by atoms with Crippen LogP contribution in [-0.4, -0.2) is 44.9 Å². The SMILES string of the molecule is CCOc1ccccc1CCCNC(=O)c1cc(S(=O)(=O)N2CCCCCC2)ccc1Cl. The van der Waals surface area contributed by atoms with Crippen LogP contribution in [0.15, 0.2) is 47.4 Å². The van der Waals surface area contributed by atoms with E-state index < -0.39 is 10.0 Å². The number of hydrogen-bond donors (Lipinski definition) is 1. The highest BCUT2D eigenvalue weighted by molar-refractivity contribution is 7.89. The third kappa shape index (κ3) is 6.24. The molecular weight excluding hydrogens is 448 g/mol. The fourth-order valence-corrected chi connectivity index (χ4v) is 5.60. The molecule has 1 fully saturated rings. The number of rotatable bonds is 9. The van der Waals surface area contributed by atoms with E-state index in [4.69, 9.17) is 16.3 Å². The second-order valence-corrected chi connectivity index (χ2v) is 10.2. The molecule has 0 bridgehead atoms. The van der Waals surface area contributed by atoms with E-state index in [-0.39, 0.29) is 21.4 Å². The minimum atomic E-state index is -3.65. The van der Waals surface area contributed by atoms with Crippen molar-refractivity contribution < 1.29 is 17.9 Å². The van der Waals surface area contributed by atoms with Crippen LogP contribution in [0.5, 0.6) is 5.75 Å². The number of halogens is 1. The van der Waals surface area contributed by atoms with Crippen molar-refractivity contribution in [1.82, 2.24) is 9.62 Å². The third-order valence-corrected chi connectivity index (χ3v) is 7.79. The number of amides is 1. The van der Waals surface area contributed by atoms with Crippen molar-refractivity contribution >= 4 is 27.5 Å². The molecule has 1 aliphatic heterocycles. The smallest absolute Gasteiger partial charge is 0.252 e. The summed E-state index contributed by atoms with van der Waals surface area (Å²) in [5, 5.41) is 3.09. The Bertz CT molecular complexity index is 1020. The second kappa shape index (κ2) is 11.7. The molecule has 0 aliphatic carbocycles. The molecule has 32 heavy (non-hydrogen) atoms. The van der Waals surface area contributed by atoms with E-state index in [1.807, 2.05) is 31.2 Å². The number of nitrogens with zero attached hydrogens (tertiary/aromatic N) is 1. The van der Waals surface area contributed by atoms with Crippen LogP contribution >= 0.6 is 11.6 Å². The average molecular weight is 479 g/mol. The van der Waals surface area contributed by atoms with Gasteiger partial charge in [0.15, 0.2) is 0 Å². The van der Waals surface area contributed by atoms with Crippen molar-refractivity contribution in [2.24, 2.45) is 0 Å². The fourth-order valence-electron chi connectivity index (χ4n) is 3.85. The Morgan fingerprint density at radius 1 is 1.09 bits per heavy atom. The zero-order valence-corrected chi connectivity index (χ0v) is 20.1. The molecule has 1 aliphatic rings. The standard InChI is InChI=1S/C24H31ClN2O4S/c1-2-31-23-12-6-5-10-19(23)11-9-15-26-24(28)21-18-20(13-14-22(21)25)32(29,30)27-16-7-3-4-8-17-27/h5-6,10,12-14,18H,2-4,7-9,11,15-17H2,1H3,(H,26,28). The number of aryl methyl sites for hydroxylation is 1. The van der Waals surface area contributed by atoms with Crippen LogP contribution in [0.25, 0.3) is 0 Å². The van der Waals surface area contributed by atoms with E-state index in [2.05, 4.69) is 5.32 Å². The molecule has 1 saturated heterocycles. The van der Waals surface area contributed by atoms with Gasteiger partial charge in [-0.1, -0.05) is 42.6 Å². The monoisotopic (exact) mass is 478 g/mol. The van der Waals surface area contributed by atoms with Gasteiger partial charge in [0, 0.05) is 19.6 Å². The van der Waals surface area contributed by atoms with Gasteiger partial charge in [-0.05, 0) is 62.4 Å². The summed E-state index contributed by atoms with van der Waals surface area (Å²) in [7, 11) is -3.65. The lowest BCUT2D eigenvalue weighted by Crippen LogP contribution is -2.32. The minimum Gasteiger partial charge on any atom is -0.494 e. The summed E-state index contributed by atoms with van der Waals surface area (Å²) >= 11 is 6.23. The van der Waals surface area contributed by atoms with Crippen LogP contribution in [0.1, 0.15) is 54.9 Å². The molecule has 0 aromatic heterocycles. The van der Waals surface area contributed by atoms with Crippen molar-refractivity contribution in [1.29, 1.82) is 0 Å². The van der Waals surface area contributed by atoms with Gasteiger partial charge in [0.05, 0.1) is 22.1 Å². The lowest BCUT2D eigenvalue weighted by molar-refractivity contribution is 0.0953. The number of hydrogen-bond acceptors (Lipinski definition) is 4. The molecule has 3 rings (SSSR count). The average Bonchev–Trinajstić information content (AvgIpc) is 3.08. The summed E-state index contributed by atoms with van der Waals surface area (Å²) in [5.74, 6) is 0.483. The molecule has 8 heteroatoms. The van der Waals surface area contributed by atoms with Crippen LogP contribution in [0.2, 0.25) is 5.02 Å². The largest absolute Gasteiger partial charge is 0.494 e. The van der Waals surface area contributed by atoms with E-state index in [1.165, 1.54) is 22.5 Å². The Kier molecular flexibility index (Phi) is 8.96. The van der Waals surface area contributed by atoms with Gasteiger partial charge in [-0.25, -0.2) is 8.42 Å². The lowest BCUT2D eigenvalue weighted by atomic mass is 10.1. The Hall–Kier alpha value is -2.09. The highest BCUT2D eigenvalue weighted by Gasteiger charge is 2.26. The minimum absolute atomic E-state index is 0.111. The molecule has 0 atom stereocenters. The van der Waals surface area contributed by atoms with Gasteiger partial charge in [0.2, 0.25) is 10.0 Å². The Labute approximate surface area is 196 Å². The summed E-state index contributed by atoms with van der Waals surface area (Å²) in [4.78, 5) is 12.8. The summed E-state index contributed by atoms with van der Waals surface area (Å²) in [5.41, 5.74) is 1.27. The Morgan fingerprint density at radius 2 is 1.81 bits per heavy atom.